The van der Waals surface area contributed by atoms with E-state index in [1.165, 1.54) is 24.2 Å². The lowest BCUT2D eigenvalue weighted by atomic mass is 10.0. The van der Waals surface area contributed by atoms with Crippen molar-refractivity contribution < 1.29 is 23.8 Å². The first-order valence-corrected chi connectivity index (χ1v) is 12.1. The zero-order chi connectivity index (χ0) is 24.0. The second-order valence-corrected chi connectivity index (χ2v) is 8.99. The van der Waals surface area contributed by atoms with E-state index in [-0.39, 0.29) is 24.0 Å². The molecule has 2 amide bonds. The molecule has 0 spiro atoms. The van der Waals surface area contributed by atoms with Crippen LogP contribution in [0.3, 0.4) is 0 Å². The predicted octanol–water partition coefficient (Wildman–Crippen LogP) is 4.25. The highest BCUT2D eigenvalue weighted by atomic mass is 16.5. The van der Waals surface area contributed by atoms with E-state index in [2.05, 4.69) is 6.92 Å². The van der Waals surface area contributed by atoms with Gasteiger partial charge in [-0.05, 0) is 38.0 Å². The molecular formula is C26H38N2O5. The zero-order valence-corrected chi connectivity index (χ0v) is 20.7. The lowest BCUT2D eigenvalue weighted by Gasteiger charge is -2.37. The van der Waals surface area contributed by atoms with Crippen LogP contribution in [0.4, 0.5) is 0 Å². The van der Waals surface area contributed by atoms with E-state index in [1.54, 1.807) is 26.4 Å². The van der Waals surface area contributed by atoms with Crippen molar-refractivity contribution in [1.82, 2.24) is 9.80 Å². The molecule has 2 atom stereocenters. The molecule has 0 radical (unpaired) electrons. The summed E-state index contributed by atoms with van der Waals surface area (Å²) in [4.78, 5) is 30.6. The third-order valence-corrected chi connectivity index (χ3v) is 6.29. The van der Waals surface area contributed by atoms with Crippen LogP contribution in [0.25, 0.3) is 5.57 Å². The van der Waals surface area contributed by atoms with Gasteiger partial charge in [0.05, 0.1) is 32.0 Å². The summed E-state index contributed by atoms with van der Waals surface area (Å²) < 4.78 is 16.7. The first kappa shape index (κ1) is 25.1. The minimum atomic E-state index is -0.234. The number of rotatable bonds is 11. The fourth-order valence-corrected chi connectivity index (χ4v) is 4.72. The summed E-state index contributed by atoms with van der Waals surface area (Å²) in [5.41, 5.74) is 1.58. The van der Waals surface area contributed by atoms with E-state index in [4.69, 9.17) is 14.2 Å². The van der Waals surface area contributed by atoms with Crippen molar-refractivity contribution in [3.63, 3.8) is 0 Å². The predicted molar refractivity (Wildman–Crippen MR) is 128 cm³/mol. The van der Waals surface area contributed by atoms with Gasteiger partial charge in [-0.1, -0.05) is 45.1 Å². The Hall–Kier alpha value is -2.54. The van der Waals surface area contributed by atoms with E-state index >= 15 is 0 Å². The van der Waals surface area contributed by atoms with Crippen LogP contribution in [0, 0.1) is 0 Å². The van der Waals surface area contributed by atoms with E-state index in [0.29, 0.717) is 48.0 Å². The number of hydrogen-bond acceptors (Lipinski definition) is 6. The molecule has 7 heteroatoms. The molecule has 2 aliphatic heterocycles. The van der Waals surface area contributed by atoms with Gasteiger partial charge in [0.15, 0.2) is 11.5 Å². The van der Waals surface area contributed by atoms with Crippen molar-refractivity contribution in [3.05, 3.63) is 29.5 Å². The fourth-order valence-electron chi connectivity index (χ4n) is 4.72. The summed E-state index contributed by atoms with van der Waals surface area (Å²) in [5.74, 6) is 0.667. The molecule has 0 saturated carbocycles. The topological polar surface area (TPSA) is 68.3 Å². The van der Waals surface area contributed by atoms with Crippen molar-refractivity contribution >= 4 is 17.4 Å². The van der Waals surface area contributed by atoms with Crippen LogP contribution in [0.5, 0.6) is 11.5 Å². The summed E-state index contributed by atoms with van der Waals surface area (Å²) in [5, 5.41) is 0. The second kappa shape index (κ2) is 11.5. The highest BCUT2D eigenvalue weighted by Gasteiger charge is 2.43. The number of imide groups is 1. The summed E-state index contributed by atoms with van der Waals surface area (Å²) in [6.45, 7) is 7.77. The Balaban J connectivity index is 1.91. The molecule has 1 aromatic carbocycles. The van der Waals surface area contributed by atoms with Gasteiger partial charge in [0.25, 0.3) is 11.8 Å². The van der Waals surface area contributed by atoms with Crippen LogP contribution in [0.2, 0.25) is 0 Å². The van der Waals surface area contributed by atoms with E-state index in [9.17, 15) is 9.59 Å². The van der Waals surface area contributed by atoms with E-state index in [0.717, 1.165) is 19.3 Å². The first-order chi connectivity index (χ1) is 15.9. The Bertz CT molecular complexity index is 871. The number of methoxy groups -OCH3 is 2. The highest BCUT2D eigenvalue weighted by Crippen LogP contribution is 2.37. The van der Waals surface area contributed by atoms with Crippen LogP contribution >= 0.6 is 0 Å². The molecule has 0 N–H and O–H groups in total. The molecule has 0 aliphatic carbocycles. The maximum absolute atomic E-state index is 13.6. The molecule has 1 aromatic rings. The largest absolute Gasteiger partial charge is 0.493 e. The van der Waals surface area contributed by atoms with Crippen molar-refractivity contribution in [1.29, 1.82) is 0 Å². The number of amides is 2. The number of unbranched alkanes of at least 4 members (excludes halogenated alkanes) is 5. The molecule has 2 unspecified atom stereocenters. The van der Waals surface area contributed by atoms with Gasteiger partial charge in [0.1, 0.15) is 5.70 Å². The van der Waals surface area contributed by atoms with Gasteiger partial charge in [-0.25, -0.2) is 0 Å². The van der Waals surface area contributed by atoms with Gasteiger partial charge in [-0.3, -0.25) is 14.5 Å². The van der Waals surface area contributed by atoms with Crippen LogP contribution in [-0.2, 0) is 14.3 Å². The van der Waals surface area contributed by atoms with Gasteiger partial charge in [-0.15, -0.1) is 0 Å². The molecule has 1 fully saturated rings. The molecule has 2 heterocycles. The highest BCUT2D eigenvalue weighted by molar-refractivity contribution is 6.35. The van der Waals surface area contributed by atoms with Crippen molar-refractivity contribution in [2.24, 2.45) is 0 Å². The average Bonchev–Trinajstić information content (AvgIpc) is 3.04. The molecule has 33 heavy (non-hydrogen) atoms. The van der Waals surface area contributed by atoms with Gasteiger partial charge in [0, 0.05) is 19.6 Å². The summed E-state index contributed by atoms with van der Waals surface area (Å²) in [6, 6.07) is 5.38. The molecule has 0 aromatic heterocycles. The molecule has 1 saturated heterocycles. The molecule has 2 aliphatic rings. The number of carbonyl (C=O) groups excluding carboxylic acids is 2. The smallest absolute Gasteiger partial charge is 0.277 e. The maximum Gasteiger partial charge on any atom is 0.277 e. The van der Waals surface area contributed by atoms with E-state index in [1.807, 2.05) is 24.8 Å². The number of hydrogen-bond donors (Lipinski definition) is 0. The molecule has 7 nitrogen and oxygen atoms in total. The third kappa shape index (κ3) is 5.69. The van der Waals surface area contributed by atoms with Crippen molar-refractivity contribution in [2.75, 3.05) is 33.9 Å². The van der Waals surface area contributed by atoms with Gasteiger partial charge < -0.3 is 19.1 Å². The normalized spacial score (nSPS) is 21.2. The standard InChI is InChI=1S/C26H38N2O5/c1-6-7-8-9-10-11-14-28-25(29)23(20-12-13-21(31-4)22(15-20)32-5)24(26(28)30)27-16-18(2)33-19(3)17-27/h12-13,15,18-19H,6-11,14,16-17H2,1-5H3. The number of ether oxygens (including phenoxy) is 3. The number of benzene rings is 1. The first-order valence-electron chi connectivity index (χ1n) is 12.1. The lowest BCUT2D eigenvalue weighted by molar-refractivity contribution is -0.138. The minimum absolute atomic E-state index is 0.0246. The van der Waals surface area contributed by atoms with Gasteiger partial charge in [-0.2, -0.15) is 0 Å². The SMILES string of the molecule is CCCCCCCCN1C(=O)C(c2ccc(OC)c(OC)c2)=C(N2CC(C)OC(C)C2)C1=O. The van der Waals surface area contributed by atoms with Crippen molar-refractivity contribution in [2.45, 2.75) is 71.5 Å². The van der Waals surface area contributed by atoms with Gasteiger partial charge in [0.2, 0.25) is 0 Å². The quantitative estimate of drug-likeness (QED) is 0.365. The van der Waals surface area contributed by atoms with Crippen LogP contribution in [0.1, 0.15) is 64.9 Å². The molecular weight excluding hydrogens is 420 g/mol. The Morgan fingerprint density at radius 2 is 1.55 bits per heavy atom. The zero-order valence-electron chi connectivity index (χ0n) is 20.7. The fraction of sp³-hybridized carbons (Fsp3) is 0.615. The Labute approximate surface area is 197 Å². The summed E-state index contributed by atoms with van der Waals surface area (Å²) in [6.07, 6.45) is 6.54. The Morgan fingerprint density at radius 1 is 0.909 bits per heavy atom. The number of carbonyl (C=O) groups is 2. The molecule has 0 bridgehead atoms. The average molecular weight is 459 g/mol. The van der Waals surface area contributed by atoms with Crippen LogP contribution in [-0.4, -0.2) is 67.7 Å². The number of morpholine rings is 1. The Morgan fingerprint density at radius 3 is 2.18 bits per heavy atom. The molecule has 3 rings (SSSR count). The maximum atomic E-state index is 13.6. The van der Waals surface area contributed by atoms with Crippen molar-refractivity contribution in [3.8, 4) is 11.5 Å². The molecule has 182 valence electrons. The number of nitrogens with zero attached hydrogens (tertiary/aromatic N) is 2. The van der Waals surface area contributed by atoms with Gasteiger partial charge >= 0.3 is 0 Å². The lowest BCUT2D eigenvalue weighted by Crippen LogP contribution is -2.47. The van der Waals surface area contributed by atoms with Crippen LogP contribution < -0.4 is 9.47 Å². The summed E-state index contributed by atoms with van der Waals surface area (Å²) >= 11 is 0. The van der Waals surface area contributed by atoms with Crippen LogP contribution in [0.15, 0.2) is 23.9 Å². The monoisotopic (exact) mass is 458 g/mol. The Kier molecular flexibility index (Phi) is 8.78. The van der Waals surface area contributed by atoms with E-state index < -0.39 is 0 Å². The minimum Gasteiger partial charge on any atom is -0.493 e. The summed E-state index contributed by atoms with van der Waals surface area (Å²) in [7, 11) is 3.14. The third-order valence-electron chi connectivity index (χ3n) is 6.29. The second-order valence-electron chi connectivity index (χ2n) is 8.99.